The fourth-order valence-corrected chi connectivity index (χ4v) is 12.1. The van der Waals surface area contributed by atoms with Gasteiger partial charge in [-0.15, -0.1) is 0 Å². The van der Waals surface area contributed by atoms with Gasteiger partial charge in [0, 0.05) is 63.0 Å². The second-order valence-electron chi connectivity index (χ2n) is 15.6. The van der Waals surface area contributed by atoms with Gasteiger partial charge in [0.1, 0.15) is 29.5 Å². The van der Waals surface area contributed by atoms with E-state index in [1.54, 1.807) is 26.8 Å². The van der Waals surface area contributed by atoms with Crippen molar-refractivity contribution in [2.45, 2.75) is 121 Å². The highest BCUT2D eigenvalue weighted by atomic mass is 17.0. The van der Waals surface area contributed by atoms with E-state index in [1.807, 2.05) is 0 Å². The number of furan rings is 1. The molecule has 15 heteroatoms. The van der Waals surface area contributed by atoms with Gasteiger partial charge in [0.25, 0.3) is 5.97 Å². The van der Waals surface area contributed by atoms with Crippen molar-refractivity contribution >= 4 is 29.8 Å². The summed E-state index contributed by atoms with van der Waals surface area (Å²) >= 11 is 0. The largest absolute Gasteiger partial charge is 0.472 e. The first-order valence-electron chi connectivity index (χ1n) is 16.6. The van der Waals surface area contributed by atoms with Crippen molar-refractivity contribution in [1.29, 1.82) is 0 Å². The number of hydrogen-bond donors (Lipinski definition) is 1. The number of rotatable bonds is 6. The van der Waals surface area contributed by atoms with Gasteiger partial charge in [-0.2, -0.15) is 0 Å². The molecule has 1 unspecified atom stereocenters. The predicted molar refractivity (Wildman–Crippen MR) is 161 cm³/mol. The zero-order valence-corrected chi connectivity index (χ0v) is 29.0. The van der Waals surface area contributed by atoms with Crippen LogP contribution in [0.15, 0.2) is 34.7 Å². The monoisotopic (exact) mass is 700 g/mol. The molecule has 4 saturated carbocycles. The fourth-order valence-electron chi connectivity index (χ4n) is 12.1. The summed E-state index contributed by atoms with van der Waals surface area (Å²) in [7, 11) is 1.24. The molecule has 3 aliphatic heterocycles. The third kappa shape index (κ3) is 3.30. The molecule has 0 amide bonds. The summed E-state index contributed by atoms with van der Waals surface area (Å²) in [5.74, 6) is -6.37. The molecule has 4 heterocycles. The van der Waals surface area contributed by atoms with Gasteiger partial charge in [-0.3, -0.25) is 19.2 Å². The Morgan fingerprint density at radius 2 is 1.70 bits per heavy atom. The van der Waals surface area contributed by atoms with Crippen molar-refractivity contribution in [3.05, 3.63) is 35.8 Å². The third-order valence-corrected chi connectivity index (χ3v) is 13.4. The van der Waals surface area contributed by atoms with Gasteiger partial charge in [-0.1, -0.05) is 13.8 Å². The van der Waals surface area contributed by atoms with Crippen molar-refractivity contribution in [1.82, 2.24) is 0 Å². The van der Waals surface area contributed by atoms with Crippen LogP contribution in [0.25, 0.3) is 0 Å². The van der Waals surface area contributed by atoms with Gasteiger partial charge < -0.3 is 47.4 Å². The van der Waals surface area contributed by atoms with Crippen molar-refractivity contribution in [3.8, 4) is 0 Å². The van der Waals surface area contributed by atoms with Gasteiger partial charge in [-0.25, -0.2) is 4.79 Å². The minimum Gasteiger partial charge on any atom is -0.472 e. The molecule has 1 aromatic rings. The summed E-state index contributed by atoms with van der Waals surface area (Å²) in [6.45, 7) is 10.4. The molecule has 4 aliphatic carbocycles. The Bertz CT molecular complexity index is 1790. The maximum Gasteiger partial charge on any atom is 0.331 e. The van der Waals surface area contributed by atoms with E-state index in [2.05, 4.69) is 0 Å². The number of ether oxygens (including phenoxy) is 8. The molecule has 1 N–H and O–H groups in total. The van der Waals surface area contributed by atoms with Crippen molar-refractivity contribution in [2.75, 3.05) is 7.11 Å². The molecular weight excluding hydrogens is 660 g/mol. The summed E-state index contributed by atoms with van der Waals surface area (Å²) in [6, 6.07) is 1.62. The standard InChI is InChI=1S/C35H40O15/c1-16(36)44-22-13-33-30(6)20(11-23(39)42-8)28(4)15-32(30,41)35(47-18(3)38,26(28)45-17(2)37)27-34(33,50-31(7,48-27)49-33)21-12-24(40)46-25(29(21,22)5)19-9-10-43-14-19/h9-10,12,14,20,22,25-27,41H,11,13,15H2,1-8H3/t20-,22-,25-,26-,27-,28+,29-,30+,31?,32+,33-,34+,35-/m0/s1. The topological polar surface area (TPSA) is 193 Å². The van der Waals surface area contributed by atoms with Crippen molar-refractivity contribution in [3.63, 3.8) is 0 Å². The lowest BCUT2D eigenvalue weighted by molar-refractivity contribution is -0.446. The highest BCUT2D eigenvalue weighted by Crippen LogP contribution is 2.88. The number of carbonyl (C=O) groups is 5. The molecule has 4 bridgehead atoms. The molecule has 1 spiro atoms. The maximum atomic E-state index is 13.7. The van der Waals surface area contributed by atoms with Crippen LogP contribution in [-0.4, -0.2) is 88.8 Å². The lowest BCUT2D eigenvalue weighted by Gasteiger charge is -2.76. The number of esters is 5. The van der Waals surface area contributed by atoms with E-state index < -0.39 is 105 Å². The van der Waals surface area contributed by atoms with Crippen LogP contribution in [0.2, 0.25) is 0 Å². The summed E-state index contributed by atoms with van der Waals surface area (Å²) in [6.07, 6.45) is -1.52. The molecule has 7 aliphatic rings. The Morgan fingerprint density at radius 3 is 2.30 bits per heavy atom. The fraction of sp³-hybridized carbons (Fsp3) is 0.686. The minimum absolute atomic E-state index is 0.130. The Morgan fingerprint density at radius 1 is 1.00 bits per heavy atom. The molecule has 270 valence electrons. The second-order valence-corrected chi connectivity index (χ2v) is 15.6. The third-order valence-electron chi connectivity index (χ3n) is 13.4. The zero-order valence-electron chi connectivity index (χ0n) is 29.0. The smallest absolute Gasteiger partial charge is 0.331 e. The molecule has 0 radical (unpaired) electrons. The van der Waals surface area contributed by atoms with Crippen LogP contribution in [0.1, 0.15) is 79.4 Å². The van der Waals surface area contributed by atoms with E-state index in [-0.39, 0.29) is 24.8 Å². The summed E-state index contributed by atoms with van der Waals surface area (Å²) in [4.78, 5) is 66.3. The van der Waals surface area contributed by atoms with Crippen LogP contribution in [0.4, 0.5) is 0 Å². The Kier molecular flexibility index (Phi) is 6.37. The lowest BCUT2D eigenvalue weighted by Crippen LogP contribution is -2.93. The van der Waals surface area contributed by atoms with E-state index in [4.69, 9.17) is 42.3 Å². The van der Waals surface area contributed by atoms with Crippen LogP contribution in [0, 0.1) is 22.2 Å². The highest BCUT2D eigenvalue weighted by Gasteiger charge is 3.03. The Labute approximate surface area is 286 Å². The zero-order chi connectivity index (χ0) is 36.2. The average Bonchev–Trinajstić information content (AvgIpc) is 3.78. The number of carbonyl (C=O) groups excluding carboxylic acids is 5. The second kappa shape index (κ2) is 9.55. The number of hydrogen-bond acceptors (Lipinski definition) is 15. The number of fused-ring (bicyclic) bond motifs is 4. The van der Waals surface area contributed by atoms with Crippen LogP contribution in [0.5, 0.6) is 0 Å². The van der Waals surface area contributed by atoms with E-state index in [0.717, 1.165) is 0 Å². The molecular formula is C35H40O15. The SMILES string of the molecule is COC(=O)C[C@H]1[C@@]2(C)C[C@]3(O)[C@@](OC(C)=O)([C@H]4OC5(C)O[C@@]6(C[C@H](OC(C)=O)[C@]7(C)C(=CC(=O)O[C@H]7c7ccoc7)[C@@]46O5)[C@]13C)[C@H]2OC(C)=O. The average molecular weight is 701 g/mol. The molecule has 15 nitrogen and oxygen atoms in total. The first kappa shape index (κ1) is 33.4. The van der Waals surface area contributed by atoms with Gasteiger partial charge in [-0.05, 0) is 30.9 Å². The molecule has 1 aromatic heterocycles. The molecule has 6 fully saturated rings. The number of methoxy groups -OCH3 is 1. The first-order chi connectivity index (χ1) is 23.3. The Balaban J connectivity index is 1.50. The summed E-state index contributed by atoms with van der Waals surface area (Å²) < 4.78 is 55.7. The van der Waals surface area contributed by atoms with Crippen molar-refractivity contribution < 1.29 is 71.4 Å². The summed E-state index contributed by atoms with van der Waals surface area (Å²) in [5.41, 5.74) is -11.6. The van der Waals surface area contributed by atoms with Crippen LogP contribution in [0.3, 0.4) is 0 Å². The van der Waals surface area contributed by atoms with Crippen LogP contribution < -0.4 is 0 Å². The van der Waals surface area contributed by atoms with Gasteiger partial charge >= 0.3 is 29.8 Å². The molecule has 2 saturated heterocycles. The Hall–Kier alpha value is -3.79. The van der Waals surface area contributed by atoms with Crippen molar-refractivity contribution in [2.24, 2.45) is 22.2 Å². The normalized spacial score (nSPS) is 50.1. The van der Waals surface area contributed by atoms with Gasteiger partial charge in [0.2, 0.25) is 5.60 Å². The van der Waals surface area contributed by atoms with E-state index in [1.165, 1.54) is 53.4 Å². The lowest BCUT2D eigenvalue weighted by atomic mass is 9.34. The molecule has 50 heavy (non-hydrogen) atoms. The first-order valence-corrected chi connectivity index (χ1v) is 16.6. The predicted octanol–water partition coefficient (Wildman–Crippen LogP) is 2.33. The van der Waals surface area contributed by atoms with E-state index in [9.17, 15) is 29.1 Å². The quantitative estimate of drug-likeness (QED) is 0.336. The molecule has 8 rings (SSSR count). The number of aliphatic hydroxyl groups is 1. The highest BCUT2D eigenvalue weighted by molar-refractivity contribution is 5.86. The number of cyclic esters (lactones) is 1. The van der Waals surface area contributed by atoms with Gasteiger partial charge in [0.15, 0.2) is 11.7 Å². The van der Waals surface area contributed by atoms with Gasteiger partial charge in [0.05, 0.1) is 25.1 Å². The van der Waals surface area contributed by atoms with E-state index in [0.29, 0.717) is 5.56 Å². The summed E-state index contributed by atoms with van der Waals surface area (Å²) in [5, 5.41) is 13.6. The maximum absolute atomic E-state index is 13.7. The van der Waals surface area contributed by atoms with Crippen LogP contribution in [-0.2, 0) is 61.9 Å². The minimum atomic E-state index is -2.17. The van der Waals surface area contributed by atoms with Crippen LogP contribution >= 0.6 is 0 Å². The van der Waals surface area contributed by atoms with E-state index >= 15 is 0 Å². The molecule has 0 aromatic carbocycles. The molecule has 13 atom stereocenters.